The average molecular weight is 473 g/mol. The zero-order valence-electron chi connectivity index (χ0n) is 20.3. The van der Waals surface area contributed by atoms with E-state index >= 15 is 0 Å². The number of halogens is 1. The van der Waals surface area contributed by atoms with E-state index in [1.165, 1.54) is 17.9 Å². The van der Waals surface area contributed by atoms with Crippen molar-refractivity contribution in [3.63, 3.8) is 0 Å². The van der Waals surface area contributed by atoms with Gasteiger partial charge in [0, 0.05) is 50.4 Å². The molecule has 1 aromatic heterocycles. The molecule has 34 heavy (non-hydrogen) atoms. The van der Waals surface area contributed by atoms with Gasteiger partial charge in [0.1, 0.15) is 5.60 Å². The Kier molecular flexibility index (Phi) is 6.93. The highest BCUT2D eigenvalue weighted by Crippen LogP contribution is 2.30. The summed E-state index contributed by atoms with van der Waals surface area (Å²) in [6.45, 7) is 8.91. The first kappa shape index (κ1) is 24.2. The molecule has 9 heteroatoms. The standard InChI is InChI=1S/C25H33FN4O4/c1-25(2,3)34-24(32)29-11-9-28(10-12-29)16-19-14-21(18-7-8-22(33-4)20(26)13-18)27-30(23(19)31)15-17-5-6-17/h7-8,13-14,17H,5-6,9-12,15-16H2,1-4H3. The van der Waals surface area contributed by atoms with E-state index in [0.717, 1.165) is 12.8 Å². The number of nitrogens with zero attached hydrogens (tertiary/aromatic N) is 4. The van der Waals surface area contributed by atoms with Crippen LogP contribution in [-0.2, 0) is 17.8 Å². The molecule has 0 radical (unpaired) electrons. The predicted octanol–water partition coefficient (Wildman–Crippen LogP) is 3.52. The van der Waals surface area contributed by atoms with Gasteiger partial charge >= 0.3 is 6.09 Å². The van der Waals surface area contributed by atoms with Gasteiger partial charge < -0.3 is 14.4 Å². The van der Waals surface area contributed by atoms with Crippen LogP contribution in [0.5, 0.6) is 5.75 Å². The van der Waals surface area contributed by atoms with Crippen LogP contribution in [0.2, 0.25) is 0 Å². The van der Waals surface area contributed by atoms with Crippen molar-refractivity contribution in [1.29, 1.82) is 0 Å². The molecule has 1 saturated heterocycles. The Hall–Kier alpha value is -2.94. The highest BCUT2D eigenvalue weighted by molar-refractivity contribution is 5.68. The molecule has 0 atom stereocenters. The van der Waals surface area contributed by atoms with Crippen LogP contribution in [0.1, 0.15) is 39.2 Å². The van der Waals surface area contributed by atoms with Crippen molar-refractivity contribution in [3.05, 3.63) is 46.0 Å². The van der Waals surface area contributed by atoms with Crippen molar-refractivity contribution in [1.82, 2.24) is 19.6 Å². The minimum Gasteiger partial charge on any atom is -0.494 e. The van der Waals surface area contributed by atoms with E-state index in [-0.39, 0.29) is 17.4 Å². The third-order valence-electron chi connectivity index (χ3n) is 6.04. The number of methoxy groups -OCH3 is 1. The monoisotopic (exact) mass is 472 g/mol. The maximum atomic E-state index is 14.3. The van der Waals surface area contributed by atoms with Crippen molar-refractivity contribution in [3.8, 4) is 17.0 Å². The van der Waals surface area contributed by atoms with E-state index in [1.54, 1.807) is 23.1 Å². The molecular weight excluding hydrogens is 439 g/mol. The molecule has 1 aliphatic heterocycles. The number of rotatable bonds is 6. The fraction of sp³-hybridized carbons (Fsp3) is 0.560. The molecule has 0 spiro atoms. The van der Waals surface area contributed by atoms with Gasteiger partial charge in [-0.1, -0.05) is 0 Å². The van der Waals surface area contributed by atoms with Crippen LogP contribution in [-0.4, -0.2) is 64.6 Å². The minimum absolute atomic E-state index is 0.112. The second-order valence-corrected chi connectivity index (χ2v) is 10.1. The molecule has 1 saturated carbocycles. The molecule has 4 rings (SSSR count). The first-order valence-corrected chi connectivity index (χ1v) is 11.8. The van der Waals surface area contributed by atoms with Crippen LogP contribution >= 0.6 is 0 Å². The first-order chi connectivity index (χ1) is 16.1. The maximum Gasteiger partial charge on any atom is 0.410 e. The van der Waals surface area contributed by atoms with E-state index in [4.69, 9.17) is 9.47 Å². The lowest BCUT2D eigenvalue weighted by Crippen LogP contribution is -2.50. The van der Waals surface area contributed by atoms with Gasteiger partial charge in [0.05, 0.1) is 12.8 Å². The molecule has 8 nitrogen and oxygen atoms in total. The number of carbonyl (C=O) groups is 1. The molecule has 2 fully saturated rings. The average Bonchev–Trinajstić information content (AvgIpc) is 3.59. The molecule has 0 bridgehead atoms. The van der Waals surface area contributed by atoms with E-state index < -0.39 is 11.4 Å². The summed E-state index contributed by atoms with van der Waals surface area (Å²) in [6, 6.07) is 6.46. The normalized spacial score (nSPS) is 17.0. The van der Waals surface area contributed by atoms with E-state index in [0.29, 0.717) is 62.0 Å². The molecular formula is C25H33FN4O4. The van der Waals surface area contributed by atoms with Crippen LogP contribution < -0.4 is 10.3 Å². The molecule has 0 N–H and O–H groups in total. The summed E-state index contributed by atoms with van der Waals surface area (Å²) in [7, 11) is 1.42. The second-order valence-electron chi connectivity index (χ2n) is 10.1. The van der Waals surface area contributed by atoms with E-state index in [2.05, 4.69) is 10.00 Å². The van der Waals surface area contributed by atoms with E-state index in [1.807, 2.05) is 20.8 Å². The highest BCUT2D eigenvalue weighted by atomic mass is 19.1. The molecule has 184 valence electrons. The predicted molar refractivity (Wildman–Crippen MR) is 126 cm³/mol. The van der Waals surface area contributed by atoms with Crippen molar-refractivity contribution in [2.75, 3.05) is 33.3 Å². The summed E-state index contributed by atoms with van der Waals surface area (Å²) < 4.78 is 26.4. The number of hydrogen-bond acceptors (Lipinski definition) is 6. The number of carbonyl (C=O) groups excluding carboxylic acids is 1. The lowest BCUT2D eigenvalue weighted by molar-refractivity contribution is 0.0138. The molecule has 1 aromatic carbocycles. The van der Waals surface area contributed by atoms with Crippen LogP contribution in [0.4, 0.5) is 9.18 Å². The summed E-state index contributed by atoms with van der Waals surface area (Å²) in [5, 5.41) is 4.55. The minimum atomic E-state index is -0.533. The quantitative estimate of drug-likeness (QED) is 0.640. The number of piperazine rings is 1. The largest absolute Gasteiger partial charge is 0.494 e. The Labute approximate surface area is 199 Å². The molecule has 2 heterocycles. The number of ether oxygens (including phenoxy) is 2. The summed E-state index contributed by atoms with van der Waals surface area (Å²) in [5.41, 5.74) is 1.13. The zero-order valence-corrected chi connectivity index (χ0v) is 20.3. The lowest BCUT2D eigenvalue weighted by Gasteiger charge is -2.35. The number of amides is 1. The second kappa shape index (κ2) is 9.74. The van der Waals surface area contributed by atoms with Gasteiger partial charge in [-0.2, -0.15) is 5.10 Å². The Bertz CT molecular complexity index is 1100. The number of aromatic nitrogens is 2. The third kappa shape index (κ3) is 5.94. The van der Waals surface area contributed by atoms with Gasteiger partial charge in [-0.15, -0.1) is 0 Å². The fourth-order valence-electron chi connectivity index (χ4n) is 4.00. The Morgan fingerprint density at radius 2 is 1.85 bits per heavy atom. The maximum absolute atomic E-state index is 14.3. The van der Waals surface area contributed by atoms with Crippen molar-refractivity contribution in [2.24, 2.45) is 5.92 Å². The van der Waals surface area contributed by atoms with Crippen molar-refractivity contribution >= 4 is 6.09 Å². The van der Waals surface area contributed by atoms with Crippen LogP contribution in [0.3, 0.4) is 0 Å². The van der Waals surface area contributed by atoms with Gasteiger partial charge in [0.2, 0.25) is 0 Å². The Morgan fingerprint density at radius 1 is 1.15 bits per heavy atom. The van der Waals surface area contributed by atoms with Gasteiger partial charge in [0.15, 0.2) is 11.6 Å². The van der Waals surface area contributed by atoms with Crippen LogP contribution in [0.15, 0.2) is 29.1 Å². The first-order valence-electron chi connectivity index (χ1n) is 11.8. The lowest BCUT2D eigenvalue weighted by atomic mass is 10.1. The number of hydrogen-bond donors (Lipinski definition) is 0. The summed E-state index contributed by atoms with van der Waals surface area (Å²) >= 11 is 0. The third-order valence-corrected chi connectivity index (χ3v) is 6.04. The fourth-order valence-corrected chi connectivity index (χ4v) is 4.00. The molecule has 2 aromatic rings. The smallest absolute Gasteiger partial charge is 0.410 e. The molecule has 0 unspecified atom stereocenters. The Morgan fingerprint density at radius 3 is 2.44 bits per heavy atom. The SMILES string of the molecule is COc1ccc(-c2cc(CN3CCN(C(=O)OC(C)(C)C)CC3)c(=O)n(CC3CC3)n2)cc1F. The zero-order chi connectivity index (χ0) is 24.5. The van der Waals surface area contributed by atoms with Gasteiger partial charge in [0.25, 0.3) is 5.56 Å². The van der Waals surface area contributed by atoms with Gasteiger partial charge in [-0.05, 0) is 63.8 Å². The summed E-state index contributed by atoms with van der Waals surface area (Å²) in [5.74, 6) is 0.165. The molecule has 2 aliphatic rings. The topological polar surface area (TPSA) is 76.9 Å². The van der Waals surface area contributed by atoms with Crippen molar-refractivity contribution in [2.45, 2.75) is 52.3 Å². The Balaban J connectivity index is 1.52. The summed E-state index contributed by atoms with van der Waals surface area (Å²) in [4.78, 5) is 29.4. The van der Waals surface area contributed by atoms with Gasteiger partial charge in [-0.3, -0.25) is 9.69 Å². The molecule has 1 amide bonds. The summed E-state index contributed by atoms with van der Waals surface area (Å²) in [6.07, 6.45) is 1.88. The van der Waals surface area contributed by atoms with E-state index in [9.17, 15) is 14.0 Å². The van der Waals surface area contributed by atoms with Gasteiger partial charge in [-0.25, -0.2) is 13.9 Å². The molecule has 1 aliphatic carbocycles. The van der Waals surface area contributed by atoms with Crippen molar-refractivity contribution < 1.29 is 18.7 Å². The highest BCUT2D eigenvalue weighted by Gasteiger charge is 2.27. The van der Waals surface area contributed by atoms with Crippen LogP contribution in [0.25, 0.3) is 11.3 Å². The number of benzene rings is 1. The van der Waals surface area contributed by atoms with Crippen LogP contribution in [0, 0.1) is 11.7 Å².